The fraction of sp³-hybridized carbons (Fsp3) is 0. The molecule has 0 aromatic heterocycles. The normalized spacial score (nSPS) is 11.1. The third-order valence-corrected chi connectivity index (χ3v) is 5.94. The lowest BCUT2D eigenvalue weighted by Gasteiger charge is -2.24. The molecule has 3 rings (SSSR count). The molecule has 0 saturated carbocycles. The van der Waals surface area contributed by atoms with Gasteiger partial charge in [-0.05, 0) is 52.3 Å². The van der Waals surface area contributed by atoms with Crippen molar-refractivity contribution < 1.29 is 14.3 Å². The van der Waals surface area contributed by atoms with Gasteiger partial charge in [0, 0.05) is 4.90 Å². The van der Waals surface area contributed by atoms with Gasteiger partial charge in [0.05, 0.1) is 5.56 Å². The molecule has 0 unspecified atom stereocenters. The van der Waals surface area contributed by atoms with E-state index in [-0.39, 0.29) is 5.56 Å². The minimum absolute atomic E-state index is 0.144. The highest BCUT2D eigenvalue weighted by atomic mass is 32.2. The van der Waals surface area contributed by atoms with Crippen LogP contribution in [0.3, 0.4) is 0 Å². The Kier molecular flexibility index (Phi) is 4.44. The zero-order chi connectivity index (χ0) is 16.2. The van der Waals surface area contributed by atoms with Gasteiger partial charge in [0.2, 0.25) is 0 Å². The van der Waals surface area contributed by atoms with Crippen LogP contribution in [0.4, 0.5) is 4.39 Å². The molecule has 0 radical (unpaired) electrons. The number of rotatable bonds is 4. The minimum Gasteiger partial charge on any atom is -0.478 e. The first-order chi connectivity index (χ1) is 11.2. The summed E-state index contributed by atoms with van der Waals surface area (Å²) in [5, 5.41) is 9.49. The lowest BCUT2D eigenvalue weighted by Crippen LogP contribution is -2.02. The van der Waals surface area contributed by atoms with Gasteiger partial charge in [-0.25, -0.2) is 9.18 Å². The maximum Gasteiger partial charge on any atom is 0.336 e. The number of hydrogen-bond donors (Lipinski definition) is 2. The highest BCUT2D eigenvalue weighted by Gasteiger charge is 2.20. The maximum atomic E-state index is 13.8. The molecule has 0 fully saturated rings. The molecule has 116 valence electrons. The van der Waals surface area contributed by atoms with Crippen molar-refractivity contribution in [3.8, 4) is 0 Å². The monoisotopic (exact) mass is 326 g/mol. The number of thiol groups is 1. The van der Waals surface area contributed by atoms with E-state index < -0.39 is 22.7 Å². The molecular weight excluding hydrogens is 311 g/mol. The largest absolute Gasteiger partial charge is 0.478 e. The molecule has 0 amide bonds. The van der Waals surface area contributed by atoms with Gasteiger partial charge >= 0.3 is 5.97 Å². The number of carbonyl (C=O) groups is 1. The number of aromatic carboxylic acids is 1. The first-order valence-corrected chi connectivity index (χ1v) is 8.44. The molecule has 0 aliphatic carbocycles. The van der Waals surface area contributed by atoms with Gasteiger partial charge in [0.15, 0.2) is 0 Å². The number of halogens is 1. The Balaban J connectivity index is 2.25. The summed E-state index contributed by atoms with van der Waals surface area (Å²) < 4.78 is 13.8. The summed E-state index contributed by atoms with van der Waals surface area (Å²) >= 11 is 0. The van der Waals surface area contributed by atoms with E-state index in [1.807, 2.05) is 60.7 Å². The first-order valence-electron chi connectivity index (χ1n) is 7.10. The van der Waals surface area contributed by atoms with E-state index >= 15 is 0 Å². The summed E-state index contributed by atoms with van der Waals surface area (Å²) in [5.41, 5.74) is 0.144. The van der Waals surface area contributed by atoms with E-state index in [0.717, 1.165) is 9.79 Å². The SMILES string of the molecule is O=C(O)c1ccc(F)cc1[SH](c1ccccc1)c1ccccc1. The molecule has 23 heavy (non-hydrogen) atoms. The molecule has 0 aliphatic rings. The van der Waals surface area contributed by atoms with Gasteiger partial charge in [0.1, 0.15) is 5.82 Å². The average Bonchev–Trinajstić information content (AvgIpc) is 2.57. The molecule has 0 bridgehead atoms. The Morgan fingerprint density at radius 2 is 1.35 bits per heavy atom. The third-order valence-electron chi connectivity index (χ3n) is 3.46. The second kappa shape index (κ2) is 6.67. The van der Waals surface area contributed by atoms with Gasteiger partial charge in [-0.1, -0.05) is 36.4 Å². The summed E-state index contributed by atoms with van der Waals surface area (Å²) in [6.07, 6.45) is 0. The molecule has 2 nitrogen and oxygen atoms in total. The lowest BCUT2D eigenvalue weighted by atomic mass is 10.2. The van der Waals surface area contributed by atoms with Crippen LogP contribution in [0.1, 0.15) is 10.4 Å². The molecule has 0 saturated heterocycles. The maximum absolute atomic E-state index is 13.8. The van der Waals surface area contributed by atoms with Crippen molar-refractivity contribution in [1.82, 2.24) is 0 Å². The van der Waals surface area contributed by atoms with Gasteiger partial charge < -0.3 is 5.11 Å². The second-order valence-corrected chi connectivity index (χ2v) is 7.16. The van der Waals surface area contributed by atoms with Crippen molar-refractivity contribution in [2.45, 2.75) is 14.7 Å². The van der Waals surface area contributed by atoms with Crippen LogP contribution >= 0.6 is 10.9 Å². The van der Waals surface area contributed by atoms with Crippen molar-refractivity contribution >= 4 is 16.9 Å². The number of hydrogen-bond acceptors (Lipinski definition) is 1. The zero-order valence-electron chi connectivity index (χ0n) is 12.2. The van der Waals surface area contributed by atoms with Crippen LogP contribution in [0.25, 0.3) is 0 Å². The first kappa shape index (κ1) is 15.3. The van der Waals surface area contributed by atoms with Crippen LogP contribution in [0.2, 0.25) is 0 Å². The molecule has 3 aromatic rings. The van der Waals surface area contributed by atoms with Gasteiger partial charge in [-0.3, -0.25) is 0 Å². The van der Waals surface area contributed by atoms with E-state index in [4.69, 9.17) is 0 Å². The van der Waals surface area contributed by atoms with E-state index in [2.05, 4.69) is 0 Å². The number of carboxylic acids is 1. The second-order valence-electron chi connectivity index (χ2n) is 4.97. The Morgan fingerprint density at radius 1 is 0.826 bits per heavy atom. The van der Waals surface area contributed by atoms with Crippen molar-refractivity contribution in [2.75, 3.05) is 0 Å². The smallest absolute Gasteiger partial charge is 0.336 e. The molecular formula is C19H15FO2S. The molecule has 1 N–H and O–H groups in total. The van der Waals surface area contributed by atoms with Gasteiger partial charge in [0.25, 0.3) is 0 Å². The molecule has 4 heteroatoms. The summed E-state index contributed by atoms with van der Waals surface area (Å²) in [7, 11) is -1.14. The van der Waals surface area contributed by atoms with Crippen molar-refractivity contribution in [2.24, 2.45) is 0 Å². The Labute approximate surface area is 136 Å². The van der Waals surface area contributed by atoms with Crippen molar-refractivity contribution in [3.63, 3.8) is 0 Å². The highest BCUT2D eigenvalue weighted by Crippen LogP contribution is 2.52. The fourth-order valence-corrected chi connectivity index (χ4v) is 4.91. The zero-order valence-corrected chi connectivity index (χ0v) is 13.1. The van der Waals surface area contributed by atoms with Crippen LogP contribution in [-0.4, -0.2) is 11.1 Å². The highest BCUT2D eigenvalue weighted by molar-refractivity contribution is 8.17. The van der Waals surface area contributed by atoms with E-state index in [0.29, 0.717) is 4.90 Å². The third kappa shape index (κ3) is 3.27. The summed E-state index contributed by atoms with van der Waals surface area (Å²) in [6.45, 7) is 0. The molecule has 0 heterocycles. The lowest BCUT2D eigenvalue weighted by molar-refractivity contribution is 0.0693. The quantitative estimate of drug-likeness (QED) is 0.662. The van der Waals surface area contributed by atoms with Crippen LogP contribution in [0, 0.1) is 5.82 Å². The van der Waals surface area contributed by atoms with Gasteiger partial charge in [-0.2, -0.15) is 10.9 Å². The molecule has 0 aliphatic heterocycles. The van der Waals surface area contributed by atoms with Crippen LogP contribution in [-0.2, 0) is 0 Å². The van der Waals surface area contributed by atoms with Crippen molar-refractivity contribution in [3.05, 3.63) is 90.2 Å². The number of carboxylic acid groups (broad SMARTS) is 1. The molecule has 3 aromatic carbocycles. The van der Waals surface area contributed by atoms with E-state index in [9.17, 15) is 14.3 Å². The Bertz CT molecular complexity index is 780. The van der Waals surface area contributed by atoms with Gasteiger partial charge in [-0.15, -0.1) is 0 Å². The Hall–Kier alpha value is -2.59. The summed E-state index contributed by atoms with van der Waals surface area (Å²) in [6, 6.07) is 23.1. The fourth-order valence-electron chi connectivity index (χ4n) is 2.45. The predicted octanol–water partition coefficient (Wildman–Crippen LogP) is 5.00. The summed E-state index contributed by atoms with van der Waals surface area (Å²) in [5.74, 6) is -1.47. The van der Waals surface area contributed by atoms with E-state index in [1.165, 1.54) is 18.2 Å². The van der Waals surface area contributed by atoms with Crippen LogP contribution in [0.5, 0.6) is 0 Å². The summed E-state index contributed by atoms with van der Waals surface area (Å²) in [4.78, 5) is 14.1. The predicted molar refractivity (Wildman–Crippen MR) is 90.0 cm³/mol. The van der Waals surface area contributed by atoms with E-state index in [1.54, 1.807) is 0 Å². The minimum atomic E-state index is -1.14. The number of benzene rings is 3. The van der Waals surface area contributed by atoms with Crippen molar-refractivity contribution in [1.29, 1.82) is 0 Å². The topological polar surface area (TPSA) is 37.3 Å². The molecule has 0 spiro atoms. The molecule has 0 atom stereocenters. The van der Waals surface area contributed by atoms with Crippen LogP contribution in [0.15, 0.2) is 93.5 Å². The standard InChI is InChI=1S/C19H15FO2S/c20-14-11-12-17(19(21)22)18(13-14)23(15-7-3-1-4-8-15)16-9-5-2-6-10-16/h1-13,23H,(H,21,22). The van der Waals surface area contributed by atoms with Crippen LogP contribution < -0.4 is 0 Å². The Morgan fingerprint density at radius 3 is 1.83 bits per heavy atom. The average molecular weight is 326 g/mol.